The number of methoxy groups -OCH3 is 1. The number of aromatic nitrogens is 2. The van der Waals surface area contributed by atoms with Gasteiger partial charge in [0.1, 0.15) is 5.75 Å². The SMILES string of the molecule is COc1ccc(NC(N)=NCc2ccccc2-n2nc(C)cc2C)cc1Cl. The van der Waals surface area contributed by atoms with E-state index >= 15 is 0 Å². The van der Waals surface area contributed by atoms with Gasteiger partial charge in [0.05, 0.1) is 30.1 Å². The number of guanidine groups is 1. The zero-order valence-electron chi connectivity index (χ0n) is 15.5. The summed E-state index contributed by atoms with van der Waals surface area (Å²) in [7, 11) is 1.57. The van der Waals surface area contributed by atoms with Crippen LogP contribution in [0.25, 0.3) is 5.69 Å². The molecule has 0 saturated heterocycles. The molecule has 3 aromatic rings. The van der Waals surface area contributed by atoms with Crippen LogP contribution in [0.4, 0.5) is 5.69 Å². The summed E-state index contributed by atoms with van der Waals surface area (Å²) in [6.45, 7) is 4.44. The fraction of sp³-hybridized carbons (Fsp3) is 0.200. The number of rotatable bonds is 5. The molecule has 0 fully saturated rings. The lowest BCUT2D eigenvalue weighted by molar-refractivity contribution is 0.415. The van der Waals surface area contributed by atoms with Crippen LogP contribution in [0.2, 0.25) is 5.02 Å². The monoisotopic (exact) mass is 383 g/mol. The molecule has 3 N–H and O–H groups in total. The molecule has 140 valence electrons. The molecule has 27 heavy (non-hydrogen) atoms. The summed E-state index contributed by atoms with van der Waals surface area (Å²) in [5.74, 6) is 0.913. The van der Waals surface area contributed by atoms with Crippen molar-refractivity contribution in [3.05, 3.63) is 70.5 Å². The van der Waals surface area contributed by atoms with Gasteiger partial charge in [-0.25, -0.2) is 9.67 Å². The van der Waals surface area contributed by atoms with E-state index in [-0.39, 0.29) is 0 Å². The number of nitrogens with one attached hydrogen (secondary N) is 1. The van der Waals surface area contributed by atoms with Gasteiger partial charge in [0.25, 0.3) is 0 Å². The van der Waals surface area contributed by atoms with Gasteiger partial charge in [-0.3, -0.25) is 0 Å². The summed E-state index contributed by atoms with van der Waals surface area (Å²) >= 11 is 6.14. The number of para-hydroxylation sites is 1. The van der Waals surface area contributed by atoms with Crippen LogP contribution >= 0.6 is 11.6 Å². The predicted molar refractivity (Wildman–Crippen MR) is 110 cm³/mol. The molecule has 2 aromatic carbocycles. The van der Waals surface area contributed by atoms with E-state index < -0.39 is 0 Å². The standard InChI is InChI=1S/C20H22ClN5O/c1-13-10-14(2)26(25-13)18-7-5-4-6-15(18)12-23-20(22)24-16-8-9-19(27-3)17(21)11-16/h4-11H,12H2,1-3H3,(H3,22,23,24). The highest BCUT2D eigenvalue weighted by Crippen LogP contribution is 2.27. The Bertz CT molecular complexity index is 980. The van der Waals surface area contributed by atoms with E-state index in [1.54, 1.807) is 19.2 Å². The summed E-state index contributed by atoms with van der Waals surface area (Å²) in [5, 5.41) is 8.11. The highest BCUT2D eigenvalue weighted by Gasteiger charge is 2.08. The predicted octanol–water partition coefficient (Wildman–Crippen LogP) is 4.08. The summed E-state index contributed by atoms with van der Waals surface area (Å²) in [5.41, 5.74) is 10.9. The van der Waals surface area contributed by atoms with E-state index in [9.17, 15) is 0 Å². The van der Waals surface area contributed by atoms with E-state index in [2.05, 4.69) is 15.4 Å². The Labute approximate surface area is 163 Å². The molecular formula is C20H22ClN5O. The first-order valence-electron chi connectivity index (χ1n) is 8.50. The molecular weight excluding hydrogens is 362 g/mol. The summed E-state index contributed by atoms with van der Waals surface area (Å²) < 4.78 is 7.07. The van der Waals surface area contributed by atoms with Gasteiger partial charge in [-0.15, -0.1) is 0 Å². The first-order chi connectivity index (χ1) is 13.0. The van der Waals surface area contributed by atoms with Crippen molar-refractivity contribution in [2.75, 3.05) is 12.4 Å². The Hall–Kier alpha value is -2.99. The van der Waals surface area contributed by atoms with Crippen LogP contribution in [-0.4, -0.2) is 22.8 Å². The Kier molecular flexibility index (Phi) is 5.66. The lowest BCUT2D eigenvalue weighted by atomic mass is 10.2. The third-order valence-corrected chi connectivity index (χ3v) is 4.37. The van der Waals surface area contributed by atoms with Crippen LogP contribution in [-0.2, 0) is 6.54 Å². The largest absolute Gasteiger partial charge is 0.495 e. The molecule has 0 bridgehead atoms. The number of hydrogen-bond acceptors (Lipinski definition) is 3. The van der Waals surface area contributed by atoms with Crippen LogP contribution in [0.15, 0.2) is 53.5 Å². The molecule has 0 spiro atoms. The third kappa shape index (κ3) is 4.41. The molecule has 0 amide bonds. The molecule has 0 unspecified atom stereocenters. The molecule has 6 nitrogen and oxygen atoms in total. The van der Waals surface area contributed by atoms with Crippen molar-refractivity contribution in [1.29, 1.82) is 0 Å². The molecule has 0 aliphatic rings. The van der Waals surface area contributed by atoms with Gasteiger partial charge >= 0.3 is 0 Å². The summed E-state index contributed by atoms with van der Waals surface area (Å²) in [6, 6.07) is 15.4. The number of nitrogens with zero attached hydrogens (tertiary/aromatic N) is 3. The molecule has 0 atom stereocenters. The molecule has 3 rings (SSSR count). The number of aryl methyl sites for hydroxylation is 2. The molecule has 0 saturated carbocycles. The second-order valence-electron chi connectivity index (χ2n) is 6.14. The highest BCUT2D eigenvalue weighted by atomic mass is 35.5. The summed E-state index contributed by atoms with van der Waals surface area (Å²) in [4.78, 5) is 4.45. The Morgan fingerprint density at radius 1 is 1.22 bits per heavy atom. The van der Waals surface area contributed by atoms with Gasteiger partial charge in [-0.1, -0.05) is 29.8 Å². The van der Waals surface area contributed by atoms with Gasteiger partial charge < -0.3 is 15.8 Å². The number of aliphatic imine (C=N–C) groups is 1. The van der Waals surface area contributed by atoms with Gasteiger partial charge in [0.2, 0.25) is 0 Å². The lowest BCUT2D eigenvalue weighted by Gasteiger charge is -2.11. The van der Waals surface area contributed by atoms with Crippen LogP contribution in [0.1, 0.15) is 17.0 Å². The Morgan fingerprint density at radius 3 is 2.67 bits per heavy atom. The van der Waals surface area contributed by atoms with Gasteiger partial charge in [-0.05, 0) is 49.7 Å². The maximum atomic E-state index is 6.14. The molecule has 1 aromatic heterocycles. The topological polar surface area (TPSA) is 77.5 Å². The fourth-order valence-corrected chi connectivity index (χ4v) is 3.08. The van der Waals surface area contributed by atoms with Crippen molar-refractivity contribution in [1.82, 2.24) is 9.78 Å². The quantitative estimate of drug-likeness (QED) is 0.514. The first kappa shape index (κ1) is 18.8. The molecule has 0 radical (unpaired) electrons. The van der Waals surface area contributed by atoms with Gasteiger partial charge in [0.15, 0.2) is 5.96 Å². The number of anilines is 1. The fourth-order valence-electron chi connectivity index (χ4n) is 2.83. The van der Waals surface area contributed by atoms with E-state index in [0.717, 1.165) is 28.3 Å². The number of benzene rings is 2. The molecule has 7 heteroatoms. The first-order valence-corrected chi connectivity index (χ1v) is 8.87. The van der Waals surface area contributed by atoms with Crippen molar-refractivity contribution in [3.63, 3.8) is 0 Å². The van der Waals surface area contributed by atoms with Gasteiger partial charge in [-0.2, -0.15) is 5.10 Å². The maximum Gasteiger partial charge on any atom is 0.193 e. The zero-order chi connectivity index (χ0) is 19.4. The normalized spacial score (nSPS) is 11.5. The van der Waals surface area contributed by atoms with Gasteiger partial charge in [0, 0.05) is 11.4 Å². The second kappa shape index (κ2) is 8.14. The van der Waals surface area contributed by atoms with Crippen molar-refractivity contribution in [3.8, 4) is 11.4 Å². The average Bonchev–Trinajstić information content (AvgIpc) is 2.98. The minimum atomic E-state index is 0.305. The Morgan fingerprint density at radius 2 is 2.00 bits per heavy atom. The van der Waals surface area contributed by atoms with Crippen LogP contribution in [0.3, 0.4) is 0 Å². The number of halogens is 1. The van der Waals surface area contributed by atoms with Crippen molar-refractivity contribution >= 4 is 23.2 Å². The Balaban J connectivity index is 1.78. The second-order valence-corrected chi connectivity index (χ2v) is 6.55. The zero-order valence-corrected chi connectivity index (χ0v) is 16.3. The maximum absolute atomic E-state index is 6.14. The minimum Gasteiger partial charge on any atom is -0.495 e. The highest BCUT2D eigenvalue weighted by molar-refractivity contribution is 6.32. The lowest BCUT2D eigenvalue weighted by Crippen LogP contribution is -2.22. The smallest absolute Gasteiger partial charge is 0.193 e. The molecule has 0 aliphatic heterocycles. The van der Waals surface area contributed by atoms with Crippen LogP contribution < -0.4 is 15.8 Å². The minimum absolute atomic E-state index is 0.305. The van der Waals surface area contributed by atoms with Crippen LogP contribution in [0, 0.1) is 13.8 Å². The van der Waals surface area contributed by atoms with Crippen molar-refractivity contribution in [2.45, 2.75) is 20.4 Å². The van der Waals surface area contributed by atoms with Crippen molar-refractivity contribution < 1.29 is 4.74 Å². The van der Waals surface area contributed by atoms with Crippen molar-refractivity contribution in [2.24, 2.45) is 10.7 Å². The molecule has 0 aliphatic carbocycles. The van der Waals surface area contributed by atoms with E-state index in [1.807, 2.05) is 54.9 Å². The number of hydrogen-bond donors (Lipinski definition) is 2. The summed E-state index contributed by atoms with van der Waals surface area (Å²) in [6.07, 6.45) is 0. The van der Waals surface area contributed by atoms with E-state index in [4.69, 9.17) is 22.1 Å². The van der Waals surface area contributed by atoms with E-state index in [0.29, 0.717) is 23.3 Å². The van der Waals surface area contributed by atoms with E-state index in [1.165, 1.54) is 0 Å². The van der Waals surface area contributed by atoms with Crippen LogP contribution in [0.5, 0.6) is 5.75 Å². The third-order valence-electron chi connectivity index (χ3n) is 4.07. The average molecular weight is 384 g/mol. The number of ether oxygens (including phenoxy) is 1. The molecule has 1 heterocycles. The number of nitrogens with two attached hydrogens (primary N) is 1.